The van der Waals surface area contributed by atoms with E-state index in [9.17, 15) is 19.8 Å². The molecule has 168 valence electrons. The Hall–Kier alpha value is -4.17. The van der Waals surface area contributed by atoms with Gasteiger partial charge in [-0.15, -0.1) is 0 Å². The smallest absolute Gasteiger partial charge is 0.335 e. The Kier molecular flexibility index (Phi) is 5.85. The summed E-state index contributed by atoms with van der Waals surface area (Å²) in [7, 11) is 0. The largest absolute Gasteiger partial charge is 0.505 e. The summed E-state index contributed by atoms with van der Waals surface area (Å²) < 4.78 is 0. The number of carboxylic acid groups (broad SMARTS) is 1. The maximum Gasteiger partial charge on any atom is 0.335 e. The zero-order valence-electron chi connectivity index (χ0n) is 18.5. The predicted octanol–water partition coefficient (Wildman–Crippen LogP) is 4.08. The molecule has 1 fully saturated rings. The molecule has 1 aliphatic heterocycles. The Morgan fingerprint density at radius 3 is 2.55 bits per heavy atom. The number of aromatic hydroxyl groups is 1. The molecule has 1 heterocycles. The van der Waals surface area contributed by atoms with Crippen LogP contribution in [-0.4, -0.2) is 33.8 Å². The standard InChI is InChI=1S/C25H24N4O4/c1-14-10-11-19(12-15(14)2)29-24(31)22(16(3)28-29)27-26-21-9-5-8-20(23(21)30)17-6-4-7-18(13-17)25(32)33/h4-13,16,26,28,30H,1-3H3,(H,32,33). The van der Waals surface area contributed by atoms with E-state index in [0.29, 0.717) is 16.8 Å². The third-order valence-electron chi connectivity index (χ3n) is 5.66. The number of para-hydroxylation sites is 1. The number of benzene rings is 3. The van der Waals surface area contributed by atoms with Crippen LogP contribution in [-0.2, 0) is 4.79 Å². The van der Waals surface area contributed by atoms with E-state index in [1.165, 1.54) is 17.1 Å². The molecule has 3 aromatic carbocycles. The molecule has 0 aromatic heterocycles. The van der Waals surface area contributed by atoms with Gasteiger partial charge in [-0.2, -0.15) is 5.10 Å². The summed E-state index contributed by atoms with van der Waals surface area (Å²) in [5.41, 5.74) is 10.5. The Morgan fingerprint density at radius 2 is 1.82 bits per heavy atom. The average molecular weight is 444 g/mol. The van der Waals surface area contributed by atoms with Gasteiger partial charge in [0, 0.05) is 5.56 Å². The molecule has 8 heteroatoms. The van der Waals surface area contributed by atoms with Crippen LogP contribution < -0.4 is 15.9 Å². The number of rotatable bonds is 5. The first kappa shape index (κ1) is 22.0. The van der Waals surface area contributed by atoms with Crippen molar-refractivity contribution in [2.75, 3.05) is 10.4 Å². The molecule has 0 aliphatic carbocycles. The average Bonchev–Trinajstić information content (AvgIpc) is 3.08. The van der Waals surface area contributed by atoms with E-state index in [1.54, 1.807) is 30.3 Å². The van der Waals surface area contributed by atoms with E-state index in [4.69, 9.17) is 0 Å². The zero-order valence-corrected chi connectivity index (χ0v) is 18.5. The number of nitrogens with zero attached hydrogens (tertiary/aromatic N) is 2. The minimum Gasteiger partial charge on any atom is -0.505 e. The van der Waals surface area contributed by atoms with Gasteiger partial charge in [-0.3, -0.25) is 10.2 Å². The van der Waals surface area contributed by atoms with Crippen molar-refractivity contribution >= 4 is 29.0 Å². The summed E-state index contributed by atoms with van der Waals surface area (Å²) in [5.74, 6) is -1.43. The third-order valence-corrected chi connectivity index (χ3v) is 5.66. The van der Waals surface area contributed by atoms with Crippen molar-refractivity contribution in [3.63, 3.8) is 0 Å². The molecule has 1 aliphatic rings. The highest BCUT2D eigenvalue weighted by Gasteiger charge is 2.35. The van der Waals surface area contributed by atoms with Crippen molar-refractivity contribution in [3.05, 3.63) is 77.4 Å². The molecule has 4 N–H and O–H groups in total. The van der Waals surface area contributed by atoms with Crippen molar-refractivity contribution in [2.45, 2.75) is 26.8 Å². The highest BCUT2D eigenvalue weighted by Crippen LogP contribution is 2.36. The lowest BCUT2D eigenvalue weighted by atomic mass is 10.0. The van der Waals surface area contributed by atoms with Crippen LogP contribution in [0.3, 0.4) is 0 Å². The molecule has 1 unspecified atom stereocenters. The summed E-state index contributed by atoms with van der Waals surface area (Å²) in [6.07, 6.45) is 0. The van der Waals surface area contributed by atoms with Crippen molar-refractivity contribution in [3.8, 4) is 16.9 Å². The number of hydrazine groups is 1. The molecule has 0 radical (unpaired) electrons. The summed E-state index contributed by atoms with van der Waals surface area (Å²) in [6.45, 7) is 5.82. The molecule has 1 atom stereocenters. The molecule has 0 bridgehead atoms. The second-order valence-corrected chi connectivity index (χ2v) is 7.96. The lowest BCUT2D eigenvalue weighted by Gasteiger charge is -2.17. The lowest BCUT2D eigenvalue weighted by molar-refractivity contribution is -0.112. The van der Waals surface area contributed by atoms with Gasteiger partial charge in [-0.25, -0.2) is 15.2 Å². The molecule has 3 aromatic rings. The first-order chi connectivity index (χ1) is 15.8. The molecule has 1 amide bonds. The summed E-state index contributed by atoms with van der Waals surface area (Å²) in [6, 6.07) is 16.7. The number of phenolic OH excluding ortho intramolecular Hbond substituents is 1. The minimum atomic E-state index is -1.05. The number of phenols is 1. The summed E-state index contributed by atoms with van der Waals surface area (Å²) in [4.78, 5) is 24.3. The van der Waals surface area contributed by atoms with Crippen LogP contribution in [0.5, 0.6) is 5.75 Å². The topological polar surface area (TPSA) is 114 Å². The highest BCUT2D eigenvalue weighted by molar-refractivity contribution is 6.47. The SMILES string of the molecule is Cc1ccc(N2NC(C)C(=NNc3cccc(-c4cccc(C(=O)O)c4)c3O)C2=O)cc1C. The maximum absolute atomic E-state index is 13.0. The Morgan fingerprint density at radius 1 is 1.06 bits per heavy atom. The molecule has 0 spiro atoms. The Labute approximate surface area is 191 Å². The van der Waals surface area contributed by atoms with E-state index >= 15 is 0 Å². The Bertz CT molecular complexity index is 1290. The molecular weight excluding hydrogens is 420 g/mol. The fourth-order valence-electron chi connectivity index (χ4n) is 3.62. The van der Waals surface area contributed by atoms with Gasteiger partial charge >= 0.3 is 5.97 Å². The van der Waals surface area contributed by atoms with Gasteiger partial charge in [0.2, 0.25) is 0 Å². The number of hydrazone groups is 1. The quantitative estimate of drug-likeness (QED) is 0.348. The number of carbonyl (C=O) groups is 2. The van der Waals surface area contributed by atoms with Crippen LogP contribution in [0.2, 0.25) is 0 Å². The van der Waals surface area contributed by atoms with Crippen LogP contribution in [0.25, 0.3) is 11.1 Å². The summed E-state index contributed by atoms with van der Waals surface area (Å²) >= 11 is 0. The molecule has 33 heavy (non-hydrogen) atoms. The van der Waals surface area contributed by atoms with Crippen molar-refractivity contribution in [1.82, 2.24) is 5.43 Å². The monoisotopic (exact) mass is 444 g/mol. The van der Waals surface area contributed by atoms with Gasteiger partial charge in [-0.1, -0.05) is 30.3 Å². The number of carbonyl (C=O) groups excluding carboxylic acids is 1. The number of hydrogen-bond donors (Lipinski definition) is 4. The van der Waals surface area contributed by atoms with Gasteiger partial charge in [0.25, 0.3) is 5.91 Å². The second kappa shape index (κ2) is 8.76. The van der Waals surface area contributed by atoms with Gasteiger partial charge in [-0.05, 0) is 67.8 Å². The van der Waals surface area contributed by atoms with E-state index in [2.05, 4.69) is 16.0 Å². The van der Waals surface area contributed by atoms with Gasteiger partial charge < -0.3 is 10.2 Å². The van der Waals surface area contributed by atoms with Gasteiger partial charge in [0.1, 0.15) is 11.5 Å². The predicted molar refractivity (Wildman–Crippen MR) is 128 cm³/mol. The van der Waals surface area contributed by atoms with E-state index in [0.717, 1.165) is 16.8 Å². The van der Waals surface area contributed by atoms with Gasteiger partial charge in [0.05, 0.1) is 23.0 Å². The van der Waals surface area contributed by atoms with E-state index in [-0.39, 0.29) is 29.0 Å². The van der Waals surface area contributed by atoms with Crippen LogP contribution in [0, 0.1) is 13.8 Å². The fourth-order valence-corrected chi connectivity index (χ4v) is 3.62. The molecular formula is C25H24N4O4. The number of aryl methyl sites for hydroxylation is 2. The maximum atomic E-state index is 13.0. The molecule has 1 saturated heterocycles. The zero-order chi connectivity index (χ0) is 23.7. The third kappa shape index (κ3) is 4.28. The number of anilines is 2. The number of amides is 1. The van der Waals surface area contributed by atoms with E-state index < -0.39 is 5.97 Å². The first-order valence-corrected chi connectivity index (χ1v) is 10.4. The van der Waals surface area contributed by atoms with Crippen LogP contribution in [0.1, 0.15) is 28.4 Å². The number of aromatic carboxylic acids is 1. The minimum absolute atomic E-state index is 0.0959. The second-order valence-electron chi connectivity index (χ2n) is 7.96. The van der Waals surface area contributed by atoms with Crippen LogP contribution in [0.4, 0.5) is 11.4 Å². The van der Waals surface area contributed by atoms with E-state index in [1.807, 2.05) is 39.0 Å². The van der Waals surface area contributed by atoms with Crippen molar-refractivity contribution < 1.29 is 19.8 Å². The van der Waals surface area contributed by atoms with Gasteiger partial charge in [0.15, 0.2) is 0 Å². The lowest BCUT2D eigenvalue weighted by Crippen LogP contribution is -2.36. The highest BCUT2D eigenvalue weighted by atomic mass is 16.4. The van der Waals surface area contributed by atoms with Crippen LogP contribution >= 0.6 is 0 Å². The van der Waals surface area contributed by atoms with Crippen LogP contribution in [0.15, 0.2) is 65.8 Å². The summed E-state index contributed by atoms with van der Waals surface area (Å²) in [5, 5.41) is 25.7. The Balaban J connectivity index is 1.60. The first-order valence-electron chi connectivity index (χ1n) is 10.4. The number of nitrogens with one attached hydrogen (secondary N) is 2. The number of hydrogen-bond acceptors (Lipinski definition) is 6. The molecule has 0 saturated carbocycles. The fraction of sp³-hybridized carbons (Fsp3) is 0.160. The number of carboxylic acids is 1. The van der Waals surface area contributed by atoms with Crippen molar-refractivity contribution in [2.24, 2.45) is 5.10 Å². The molecule has 4 rings (SSSR count). The van der Waals surface area contributed by atoms with Crippen molar-refractivity contribution in [1.29, 1.82) is 0 Å². The molecule has 8 nitrogen and oxygen atoms in total. The normalized spacial score (nSPS) is 16.9.